The molecule has 2 atom stereocenters. The van der Waals surface area contributed by atoms with Crippen molar-refractivity contribution in [2.75, 3.05) is 19.7 Å². The van der Waals surface area contributed by atoms with E-state index in [1.807, 2.05) is 43.0 Å². The molecule has 0 aromatic carbocycles. The lowest BCUT2D eigenvalue weighted by Gasteiger charge is -2.29. The summed E-state index contributed by atoms with van der Waals surface area (Å²) in [5, 5.41) is 21.4. The highest BCUT2D eigenvalue weighted by Gasteiger charge is 2.49. The minimum atomic E-state index is -5.08. The zero-order valence-electron chi connectivity index (χ0n) is 23.1. The Morgan fingerprint density at radius 1 is 0.822 bits per heavy atom. The fourth-order valence-corrected chi connectivity index (χ4v) is 4.48. The maximum Gasteiger partial charge on any atom is 0.490 e. The summed E-state index contributed by atoms with van der Waals surface area (Å²) in [4.78, 5) is 37.6. The van der Waals surface area contributed by atoms with E-state index in [0.29, 0.717) is 12.0 Å². The van der Waals surface area contributed by atoms with E-state index in [0.717, 1.165) is 25.6 Å². The van der Waals surface area contributed by atoms with Gasteiger partial charge in [0.25, 0.3) is 0 Å². The van der Waals surface area contributed by atoms with Gasteiger partial charge in [0.05, 0.1) is 13.2 Å². The molecule has 0 spiro atoms. The predicted molar refractivity (Wildman–Crippen MR) is 134 cm³/mol. The van der Waals surface area contributed by atoms with Crippen LogP contribution in [0.25, 0.3) is 0 Å². The number of aromatic nitrogens is 2. The van der Waals surface area contributed by atoms with Gasteiger partial charge in [-0.25, -0.2) is 14.4 Å². The SMILES string of the molecule is O=C(O)C(F)(F)F.O=C(O)C(F)(F)F.O=C(O)C(F)(F)F.c1cncc(CN2C[C@H]3CCC[C@@]3(COCc3ccncc3)C2)c1. The van der Waals surface area contributed by atoms with Crippen molar-refractivity contribution in [3.63, 3.8) is 0 Å². The number of halogens is 9. The van der Waals surface area contributed by atoms with Crippen LogP contribution in [-0.2, 0) is 32.3 Å². The number of carbonyl (C=O) groups is 3. The summed E-state index contributed by atoms with van der Waals surface area (Å²) in [6, 6.07) is 8.27. The normalized spacial score (nSPS) is 19.4. The summed E-state index contributed by atoms with van der Waals surface area (Å²) in [6.07, 6.45) is -3.75. The molecule has 3 heterocycles. The Kier molecular flexibility index (Phi) is 14.7. The molecule has 1 saturated carbocycles. The topological polar surface area (TPSA) is 150 Å². The summed E-state index contributed by atoms with van der Waals surface area (Å²) in [7, 11) is 0. The van der Waals surface area contributed by atoms with Crippen LogP contribution in [0, 0.1) is 11.3 Å². The first-order valence-corrected chi connectivity index (χ1v) is 12.7. The summed E-state index contributed by atoms with van der Waals surface area (Å²) < 4.78 is 101. The number of alkyl halides is 9. The monoisotopic (exact) mass is 665 g/mol. The second kappa shape index (κ2) is 16.9. The van der Waals surface area contributed by atoms with Crippen molar-refractivity contribution >= 4 is 17.9 Å². The van der Waals surface area contributed by atoms with E-state index in [2.05, 4.69) is 20.9 Å². The van der Waals surface area contributed by atoms with Gasteiger partial charge in [-0.15, -0.1) is 0 Å². The van der Waals surface area contributed by atoms with Crippen molar-refractivity contribution in [2.45, 2.75) is 50.9 Å². The summed E-state index contributed by atoms with van der Waals surface area (Å²) in [5.74, 6) is -7.49. The van der Waals surface area contributed by atoms with Gasteiger partial charge in [0, 0.05) is 49.8 Å². The number of likely N-dealkylation sites (tertiary alicyclic amines) is 1. The molecule has 1 aliphatic heterocycles. The predicted octanol–water partition coefficient (Wildman–Crippen LogP) is 5.20. The van der Waals surface area contributed by atoms with Crippen LogP contribution in [0.3, 0.4) is 0 Å². The summed E-state index contributed by atoms with van der Waals surface area (Å²) in [5.41, 5.74) is 2.88. The smallest absolute Gasteiger partial charge is 0.475 e. The van der Waals surface area contributed by atoms with E-state index in [4.69, 9.17) is 34.4 Å². The average Bonchev–Trinajstić information content (AvgIpc) is 3.46. The Bertz CT molecular complexity index is 1160. The second-order valence-corrected chi connectivity index (χ2v) is 9.74. The fraction of sp³-hybridized carbons (Fsp3) is 0.500. The zero-order chi connectivity index (χ0) is 34.5. The van der Waals surface area contributed by atoms with Crippen molar-refractivity contribution in [1.29, 1.82) is 0 Å². The maximum absolute atomic E-state index is 10.6. The van der Waals surface area contributed by atoms with Gasteiger partial charge in [-0.05, 0) is 48.1 Å². The van der Waals surface area contributed by atoms with Gasteiger partial charge < -0.3 is 20.1 Å². The summed E-state index contributed by atoms with van der Waals surface area (Å²) in [6.45, 7) is 4.94. The molecule has 2 fully saturated rings. The van der Waals surface area contributed by atoms with Crippen LogP contribution in [-0.4, -0.2) is 86.3 Å². The molecule has 2 aliphatic rings. The lowest BCUT2D eigenvalue weighted by Crippen LogP contribution is -2.32. The van der Waals surface area contributed by atoms with Crippen molar-refractivity contribution in [2.24, 2.45) is 11.3 Å². The van der Waals surface area contributed by atoms with E-state index in [1.54, 1.807) is 0 Å². The van der Waals surface area contributed by atoms with Gasteiger partial charge >= 0.3 is 36.4 Å². The first-order valence-electron chi connectivity index (χ1n) is 12.7. The molecule has 45 heavy (non-hydrogen) atoms. The number of hydrogen-bond donors (Lipinski definition) is 3. The van der Waals surface area contributed by atoms with E-state index >= 15 is 0 Å². The van der Waals surface area contributed by atoms with Crippen molar-refractivity contribution < 1.29 is 74.0 Å². The molecule has 3 N–H and O–H groups in total. The molecular weight excluding hydrogens is 637 g/mol. The number of ether oxygens (including phenoxy) is 1. The third kappa shape index (κ3) is 14.6. The number of aliphatic carboxylic acids is 3. The molecule has 1 saturated heterocycles. The fourth-order valence-electron chi connectivity index (χ4n) is 4.48. The third-order valence-corrected chi connectivity index (χ3v) is 6.37. The van der Waals surface area contributed by atoms with Crippen LogP contribution in [0.15, 0.2) is 49.1 Å². The highest BCUT2D eigenvalue weighted by molar-refractivity contribution is 5.73. The number of fused-ring (bicyclic) bond motifs is 1. The molecule has 0 unspecified atom stereocenters. The van der Waals surface area contributed by atoms with Crippen LogP contribution < -0.4 is 0 Å². The van der Waals surface area contributed by atoms with Crippen LogP contribution in [0.5, 0.6) is 0 Å². The summed E-state index contributed by atoms with van der Waals surface area (Å²) >= 11 is 0. The number of carboxylic acids is 3. The van der Waals surface area contributed by atoms with E-state index in [1.165, 1.54) is 36.9 Å². The van der Waals surface area contributed by atoms with Crippen molar-refractivity contribution in [3.8, 4) is 0 Å². The Morgan fingerprint density at radius 2 is 1.33 bits per heavy atom. The van der Waals surface area contributed by atoms with Gasteiger partial charge in [0.1, 0.15) is 0 Å². The highest BCUT2D eigenvalue weighted by Crippen LogP contribution is 2.49. The molecule has 1 aliphatic carbocycles. The highest BCUT2D eigenvalue weighted by atomic mass is 19.4. The molecule has 2 aromatic heterocycles. The van der Waals surface area contributed by atoms with Crippen LogP contribution in [0.1, 0.15) is 30.4 Å². The number of rotatable bonds is 6. The molecule has 4 rings (SSSR count). The first-order chi connectivity index (χ1) is 20.7. The maximum atomic E-state index is 10.6. The van der Waals surface area contributed by atoms with Crippen LogP contribution in [0.2, 0.25) is 0 Å². The van der Waals surface area contributed by atoms with Crippen molar-refractivity contribution in [3.05, 3.63) is 60.2 Å². The second-order valence-electron chi connectivity index (χ2n) is 9.74. The minimum absolute atomic E-state index is 0.356. The average molecular weight is 666 g/mol. The number of nitrogens with zero attached hydrogens (tertiary/aromatic N) is 3. The first kappa shape index (κ1) is 39.0. The van der Waals surface area contributed by atoms with Gasteiger partial charge in [-0.3, -0.25) is 14.9 Å². The van der Waals surface area contributed by atoms with Crippen LogP contribution >= 0.6 is 0 Å². The van der Waals surface area contributed by atoms with Gasteiger partial charge in [-0.1, -0.05) is 12.5 Å². The molecular formula is C26H28F9N3O7. The molecule has 0 amide bonds. The molecule has 252 valence electrons. The van der Waals surface area contributed by atoms with Crippen LogP contribution in [0.4, 0.5) is 39.5 Å². The standard InChI is InChI=1S/C20H25N3O.3C2HF3O2/c1-4-19-13-23(12-18-3-2-8-22-11-18)15-20(19,7-1)16-24-14-17-5-9-21-10-6-17;3*3-2(4,5)1(6)7/h2-3,5-6,8-11,19H,1,4,7,12-16H2;3*(H,6,7)/t19-,20+;;;/m1.../s1. The third-order valence-electron chi connectivity index (χ3n) is 6.37. The lowest BCUT2D eigenvalue weighted by molar-refractivity contribution is -0.193. The Hall–Kier alpha value is -4.00. The number of carboxylic acid groups (broad SMARTS) is 3. The molecule has 2 aromatic rings. The van der Waals surface area contributed by atoms with E-state index < -0.39 is 36.4 Å². The molecule has 19 heteroatoms. The molecule has 10 nitrogen and oxygen atoms in total. The number of hydrogen-bond acceptors (Lipinski definition) is 7. The van der Waals surface area contributed by atoms with Crippen molar-refractivity contribution in [1.82, 2.24) is 14.9 Å². The van der Waals surface area contributed by atoms with Gasteiger partial charge in [0.15, 0.2) is 0 Å². The quantitative estimate of drug-likeness (QED) is 0.352. The van der Waals surface area contributed by atoms with E-state index in [9.17, 15) is 39.5 Å². The largest absolute Gasteiger partial charge is 0.490 e. The minimum Gasteiger partial charge on any atom is -0.475 e. The van der Waals surface area contributed by atoms with E-state index in [-0.39, 0.29) is 0 Å². The zero-order valence-corrected chi connectivity index (χ0v) is 23.1. The Morgan fingerprint density at radius 3 is 1.78 bits per heavy atom. The lowest BCUT2D eigenvalue weighted by atomic mass is 9.81. The molecule has 0 bridgehead atoms. The van der Waals surface area contributed by atoms with Gasteiger partial charge in [0.2, 0.25) is 0 Å². The van der Waals surface area contributed by atoms with Gasteiger partial charge in [-0.2, -0.15) is 39.5 Å². The molecule has 0 radical (unpaired) electrons. The Labute approximate surface area is 249 Å². The Balaban J connectivity index is 0.000000396. The number of pyridine rings is 2.